The van der Waals surface area contributed by atoms with Crippen molar-refractivity contribution in [1.29, 1.82) is 0 Å². The molecule has 2 unspecified atom stereocenters. The summed E-state index contributed by atoms with van der Waals surface area (Å²) >= 11 is 0. The van der Waals surface area contributed by atoms with Crippen LogP contribution in [0.25, 0.3) is 0 Å². The Morgan fingerprint density at radius 1 is 1.09 bits per heavy atom. The molecule has 4 nitrogen and oxygen atoms in total. The van der Waals surface area contributed by atoms with Crippen molar-refractivity contribution in [2.75, 3.05) is 45.9 Å². The van der Waals surface area contributed by atoms with E-state index < -0.39 is 0 Å². The Morgan fingerprint density at radius 2 is 1.74 bits per heavy atom. The number of rotatable bonds is 3. The summed E-state index contributed by atoms with van der Waals surface area (Å²) in [6.07, 6.45) is 7.56. The van der Waals surface area contributed by atoms with Crippen molar-refractivity contribution < 1.29 is 61.6 Å². The Bertz CT molecular complexity index is 285. The Hall–Kier alpha value is 1.48. The van der Waals surface area contributed by atoms with E-state index in [0.29, 0.717) is 6.61 Å². The molecule has 132 valence electrons. The quantitative estimate of drug-likeness (QED) is 0.643. The maximum absolute atomic E-state index is 11.0. The van der Waals surface area contributed by atoms with Crippen molar-refractivity contribution >= 4 is 0 Å². The minimum absolute atomic E-state index is 0. The fourth-order valence-electron chi connectivity index (χ4n) is 4.15. The van der Waals surface area contributed by atoms with Gasteiger partial charge in [0.15, 0.2) is 0 Å². The summed E-state index contributed by atoms with van der Waals surface area (Å²) in [6, 6.07) is 0. The van der Waals surface area contributed by atoms with Crippen LogP contribution in [0.2, 0.25) is 0 Å². The van der Waals surface area contributed by atoms with Gasteiger partial charge in [0.2, 0.25) is 0 Å². The van der Waals surface area contributed by atoms with Crippen LogP contribution in [0.5, 0.6) is 0 Å². The number of nitrogens with zero attached hydrogens (tertiary/aromatic N) is 2. The van der Waals surface area contributed by atoms with Crippen LogP contribution in [0.15, 0.2) is 0 Å². The van der Waals surface area contributed by atoms with Crippen molar-refractivity contribution in [3.8, 4) is 0 Å². The molecule has 5 heteroatoms. The van der Waals surface area contributed by atoms with Gasteiger partial charge in [-0.3, -0.25) is 4.90 Å². The molecule has 3 heterocycles. The Balaban J connectivity index is 0.000000372. The van der Waals surface area contributed by atoms with Crippen molar-refractivity contribution in [2.45, 2.75) is 64.8 Å². The Kier molecular flexibility index (Phi) is 14.5. The number of β-amino-alcohol motifs (C(OH)–C–C–N with tert-alkyl or cyclic N) is 1. The molecule has 3 aliphatic rings. The molecule has 0 saturated carbocycles. The van der Waals surface area contributed by atoms with Crippen LogP contribution in [-0.4, -0.2) is 66.4 Å². The van der Waals surface area contributed by atoms with E-state index in [0.717, 1.165) is 25.3 Å². The van der Waals surface area contributed by atoms with E-state index in [1.54, 1.807) is 0 Å². The molecule has 3 rings (SSSR count). The number of likely N-dealkylation sites (tertiary alicyclic amines) is 1. The molecule has 2 atom stereocenters. The summed E-state index contributed by atoms with van der Waals surface area (Å²) in [4.78, 5) is 4.74. The van der Waals surface area contributed by atoms with Crippen LogP contribution in [0.3, 0.4) is 0 Å². The Labute approximate surface area is 186 Å². The molecule has 3 saturated heterocycles. The second kappa shape index (κ2) is 13.7. The van der Waals surface area contributed by atoms with Gasteiger partial charge in [-0.05, 0) is 57.7 Å². The van der Waals surface area contributed by atoms with Gasteiger partial charge >= 0.3 is 51.4 Å². The number of aliphatic hydroxyl groups is 1. The molecule has 0 bridgehead atoms. The van der Waals surface area contributed by atoms with E-state index in [1.807, 2.05) is 13.8 Å². The van der Waals surface area contributed by atoms with Crippen LogP contribution in [-0.2, 0) is 0 Å². The molecular formula is C18H37KN2O2. The summed E-state index contributed by atoms with van der Waals surface area (Å²) in [5, 5.41) is 19.6. The molecule has 0 aliphatic carbocycles. The fraction of sp³-hybridized carbons (Fsp3) is 1.00. The van der Waals surface area contributed by atoms with Gasteiger partial charge in [0.25, 0.3) is 0 Å². The van der Waals surface area contributed by atoms with Crippen molar-refractivity contribution in [3.63, 3.8) is 0 Å². The zero-order valence-corrected chi connectivity index (χ0v) is 19.1. The number of hydrogen-bond acceptors (Lipinski definition) is 4. The third-order valence-corrected chi connectivity index (χ3v) is 5.14. The van der Waals surface area contributed by atoms with E-state index >= 15 is 0 Å². The van der Waals surface area contributed by atoms with E-state index in [4.69, 9.17) is 5.11 Å². The first-order chi connectivity index (χ1) is 10.7. The molecular weight excluding hydrogens is 315 g/mol. The standard InChI is InChI=1S/C9H16NO.C7H15NO.C2H6.K/c1-8-5-9(7-11)3-2-4-10(9)6-8;9-7-6-8-4-2-1-3-5-8;1-2;/h8H,2-7H2,1H3;9H,1-7H2;1-2H3;/q-1;;;+1. The SMILES string of the molecule is CC.CC1CN2CCCC2(C[O-])C1.OCCN1CCCCC1.[K+]. The molecule has 23 heavy (non-hydrogen) atoms. The minimum atomic E-state index is 0. The maximum Gasteiger partial charge on any atom is 1.00 e. The zero-order chi connectivity index (χ0) is 16.4. The second-order valence-electron chi connectivity index (χ2n) is 6.85. The van der Waals surface area contributed by atoms with Gasteiger partial charge in [-0.1, -0.05) is 27.2 Å². The van der Waals surface area contributed by atoms with Gasteiger partial charge in [-0.2, -0.15) is 0 Å². The zero-order valence-electron chi connectivity index (χ0n) is 16.0. The van der Waals surface area contributed by atoms with Crippen LogP contribution in [0.4, 0.5) is 0 Å². The van der Waals surface area contributed by atoms with Crippen molar-refractivity contribution in [2.24, 2.45) is 5.92 Å². The molecule has 0 aromatic heterocycles. The number of hydrogen-bond donors (Lipinski definition) is 1. The molecule has 0 amide bonds. The average molecular weight is 353 g/mol. The van der Waals surface area contributed by atoms with Crippen LogP contribution in [0.1, 0.15) is 59.3 Å². The number of piperidine rings is 1. The predicted molar refractivity (Wildman–Crippen MR) is 90.9 cm³/mol. The van der Waals surface area contributed by atoms with E-state index in [-0.39, 0.29) is 63.5 Å². The van der Waals surface area contributed by atoms with Crippen LogP contribution >= 0.6 is 0 Å². The monoisotopic (exact) mass is 352 g/mol. The first kappa shape index (κ1) is 24.5. The third kappa shape index (κ3) is 7.71. The fourth-order valence-corrected chi connectivity index (χ4v) is 4.15. The van der Waals surface area contributed by atoms with E-state index in [9.17, 15) is 5.11 Å². The summed E-state index contributed by atoms with van der Waals surface area (Å²) in [5.74, 6) is 0.754. The van der Waals surface area contributed by atoms with Crippen molar-refractivity contribution in [3.05, 3.63) is 0 Å². The molecule has 3 fully saturated rings. The third-order valence-electron chi connectivity index (χ3n) is 5.14. The molecule has 1 N–H and O–H groups in total. The van der Waals surface area contributed by atoms with Gasteiger partial charge in [0.05, 0.1) is 6.61 Å². The number of fused-ring (bicyclic) bond motifs is 1. The number of aliphatic hydroxyl groups excluding tert-OH is 1. The largest absolute Gasteiger partial charge is 1.00 e. The van der Waals surface area contributed by atoms with Crippen LogP contribution in [0, 0.1) is 5.92 Å². The molecule has 0 aromatic rings. The summed E-state index contributed by atoms with van der Waals surface area (Å²) in [6.45, 7) is 12.3. The summed E-state index contributed by atoms with van der Waals surface area (Å²) in [7, 11) is 0. The van der Waals surface area contributed by atoms with Gasteiger partial charge in [-0.15, -0.1) is 6.61 Å². The minimum Gasteiger partial charge on any atom is -0.853 e. The predicted octanol–water partition coefficient (Wildman–Crippen LogP) is -1.28. The maximum atomic E-state index is 11.0. The molecule has 0 radical (unpaired) electrons. The molecule has 0 aromatic carbocycles. The molecule has 0 spiro atoms. The first-order valence-corrected chi connectivity index (χ1v) is 9.36. The van der Waals surface area contributed by atoms with Gasteiger partial charge < -0.3 is 15.1 Å². The molecule has 3 aliphatic heterocycles. The topological polar surface area (TPSA) is 49.8 Å². The summed E-state index contributed by atoms with van der Waals surface area (Å²) < 4.78 is 0. The van der Waals surface area contributed by atoms with Crippen molar-refractivity contribution in [1.82, 2.24) is 9.80 Å². The average Bonchev–Trinajstić information content (AvgIpc) is 3.07. The summed E-state index contributed by atoms with van der Waals surface area (Å²) in [5.41, 5.74) is 0.0966. The van der Waals surface area contributed by atoms with E-state index in [1.165, 1.54) is 51.9 Å². The van der Waals surface area contributed by atoms with Gasteiger partial charge in [0.1, 0.15) is 0 Å². The smallest absolute Gasteiger partial charge is 0.853 e. The Morgan fingerprint density at radius 3 is 2.26 bits per heavy atom. The normalized spacial score (nSPS) is 30.4. The van der Waals surface area contributed by atoms with Crippen LogP contribution < -0.4 is 56.5 Å². The van der Waals surface area contributed by atoms with Gasteiger partial charge in [-0.25, -0.2) is 0 Å². The first-order valence-electron chi connectivity index (χ1n) is 9.36. The van der Waals surface area contributed by atoms with Gasteiger partial charge in [0, 0.05) is 18.6 Å². The van der Waals surface area contributed by atoms with E-state index in [2.05, 4.69) is 16.7 Å². The second-order valence-corrected chi connectivity index (χ2v) is 6.85.